The van der Waals surface area contributed by atoms with Crippen LogP contribution >= 0.6 is 0 Å². The number of aromatic nitrogens is 3. The van der Waals surface area contributed by atoms with Gasteiger partial charge in [-0.05, 0) is 49.4 Å². The van der Waals surface area contributed by atoms with Gasteiger partial charge in [0.25, 0.3) is 5.91 Å². The van der Waals surface area contributed by atoms with Gasteiger partial charge in [0.15, 0.2) is 5.76 Å². The average molecular weight is 439 g/mol. The smallest absolute Gasteiger partial charge is 0.254 e. The molecule has 6 heteroatoms. The third-order valence-corrected chi connectivity index (χ3v) is 6.79. The molecule has 0 spiro atoms. The van der Waals surface area contributed by atoms with Gasteiger partial charge in [-0.3, -0.25) is 4.79 Å². The summed E-state index contributed by atoms with van der Waals surface area (Å²) in [6.45, 7) is 3.32. The van der Waals surface area contributed by atoms with Crippen LogP contribution in [-0.2, 0) is 0 Å². The van der Waals surface area contributed by atoms with E-state index in [1.165, 1.54) is 0 Å². The predicted molar refractivity (Wildman–Crippen MR) is 126 cm³/mol. The molecule has 6 rings (SSSR count). The van der Waals surface area contributed by atoms with Crippen molar-refractivity contribution in [3.8, 4) is 11.3 Å². The Hall–Kier alpha value is -3.54. The maximum atomic E-state index is 13.6. The van der Waals surface area contributed by atoms with Gasteiger partial charge in [-0.1, -0.05) is 41.6 Å². The van der Waals surface area contributed by atoms with Crippen molar-refractivity contribution in [2.24, 2.45) is 0 Å². The molecular formula is C27H26N4O2. The molecule has 1 atom stereocenters. The molecule has 0 N–H and O–H groups in total. The van der Waals surface area contributed by atoms with Crippen molar-refractivity contribution < 1.29 is 9.32 Å². The quantitative estimate of drug-likeness (QED) is 0.421. The molecule has 2 aliphatic rings. The standard InChI is InChI=1S/C27H26N4O2/c1-17-14-24(33-30-17)23-15-28-26(19-11-12-19)29-25(23)20-8-5-13-31(16-20)27(32)22-10-4-7-18-6-2-3-9-21(18)22/h2-4,6-7,9-10,14-15,19-20H,5,8,11-13,16H2,1H3. The molecule has 1 aliphatic carbocycles. The van der Waals surface area contributed by atoms with E-state index in [-0.39, 0.29) is 11.8 Å². The summed E-state index contributed by atoms with van der Waals surface area (Å²) in [5.41, 5.74) is 3.47. The molecule has 3 heterocycles. The van der Waals surface area contributed by atoms with Gasteiger partial charge in [0.2, 0.25) is 0 Å². The number of aryl methyl sites for hydroxylation is 1. The number of hydrogen-bond donors (Lipinski definition) is 0. The maximum Gasteiger partial charge on any atom is 0.254 e. The lowest BCUT2D eigenvalue weighted by molar-refractivity contribution is 0.0708. The molecule has 0 radical (unpaired) electrons. The lowest BCUT2D eigenvalue weighted by Gasteiger charge is -2.33. The van der Waals surface area contributed by atoms with E-state index in [9.17, 15) is 4.79 Å². The number of rotatable bonds is 4. The number of fused-ring (bicyclic) bond motifs is 1. The zero-order valence-corrected chi connectivity index (χ0v) is 18.7. The lowest BCUT2D eigenvalue weighted by Crippen LogP contribution is -2.39. The van der Waals surface area contributed by atoms with E-state index in [0.717, 1.165) is 71.3 Å². The summed E-state index contributed by atoms with van der Waals surface area (Å²) in [7, 11) is 0. The van der Waals surface area contributed by atoms with E-state index < -0.39 is 0 Å². The van der Waals surface area contributed by atoms with E-state index in [1.54, 1.807) is 0 Å². The van der Waals surface area contributed by atoms with Gasteiger partial charge < -0.3 is 9.42 Å². The maximum absolute atomic E-state index is 13.6. The molecule has 1 saturated carbocycles. The molecule has 1 aliphatic heterocycles. The van der Waals surface area contributed by atoms with E-state index in [0.29, 0.717) is 18.2 Å². The molecule has 2 aromatic carbocycles. The molecule has 1 saturated heterocycles. The van der Waals surface area contributed by atoms with Gasteiger partial charge in [0, 0.05) is 42.8 Å². The van der Waals surface area contributed by atoms with Crippen LogP contribution in [-0.4, -0.2) is 39.0 Å². The number of nitrogens with zero attached hydrogens (tertiary/aromatic N) is 4. The fraction of sp³-hybridized carbons (Fsp3) is 0.333. The summed E-state index contributed by atoms with van der Waals surface area (Å²) in [5.74, 6) is 2.31. The monoisotopic (exact) mass is 438 g/mol. The van der Waals surface area contributed by atoms with Crippen LogP contribution in [0, 0.1) is 6.92 Å². The number of hydrogen-bond acceptors (Lipinski definition) is 5. The zero-order valence-electron chi connectivity index (χ0n) is 18.7. The third-order valence-electron chi connectivity index (χ3n) is 6.79. The summed E-state index contributed by atoms with van der Waals surface area (Å²) in [6, 6.07) is 16.0. The Morgan fingerprint density at radius 3 is 2.73 bits per heavy atom. The van der Waals surface area contributed by atoms with Gasteiger partial charge in [0.05, 0.1) is 17.0 Å². The Labute approximate surface area is 192 Å². The normalized spacial score (nSPS) is 18.6. The summed E-state index contributed by atoms with van der Waals surface area (Å²) in [5, 5.41) is 6.16. The van der Waals surface area contributed by atoms with Crippen LogP contribution in [0.2, 0.25) is 0 Å². The van der Waals surface area contributed by atoms with Gasteiger partial charge in [-0.2, -0.15) is 0 Å². The molecule has 4 aromatic rings. The Kier molecular flexibility index (Phi) is 4.93. The van der Waals surface area contributed by atoms with E-state index >= 15 is 0 Å². The number of carbonyl (C=O) groups excluding carboxylic acids is 1. The van der Waals surface area contributed by atoms with E-state index in [1.807, 2.05) is 54.4 Å². The minimum Gasteiger partial charge on any atom is -0.356 e. The second kappa shape index (κ2) is 8.10. The molecule has 6 nitrogen and oxygen atoms in total. The first-order valence-corrected chi connectivity index (χ1v) is 11.7. The van der Waals surface area contributed by atoms with Gasteiger partial charge in [-0.15, -0.1) is 0 Å². The number of benzene rings is 2. The lowest BCUT2D eigenvalue weighted by atomic mass is 9.90. The van der Waals surface area contributed by atoms with Crippen molar-refractivity contribution in [3.63, 3.8) is 0 Å². The molecule has 2 aromatic heterocycles. The Balaban J connectivity index is 1.34. The Morgan fingerprint density at radius 2 is 1.91 bits per heavy atom. The largest absolute Gasteiger partial charge is 0.356 e. The fourth-order valence-corrected chi connectivity index (χ4v) is 4.91. The Bertz CT molecular complexity index is 1340. The number of likely N-dealkylation sites (tertiary alicyclic amines) is 1. The third kappa shape index (κ3) is 3.80. The van der Waals surface area contributed by atoms with Crippen LogP contribution in [0.15, 0.2) is 59.3 Å². The molecule has 0 bridgehead atoms. The van der Waals surface area contributed by atoms with Gasteiger partial charge in [0.1, 0.15) is 5.82 Å². The number of piperidine rings is 1. The number of carbonyl (C=O) groups is 1. The number of amides is 1. The van der Waals surface area contributed by atoms with E-state index in [4.69, 9.17) is 9.51 Å². The highest BCUT2D eigenvalue weighted by atomic mass is 16.5. The minimum absolute atomic E-state index is 0.0880. The summed E-state index contributed by atoms with van der Waals surface area (Å²) < 4.78 is 5.58. The first-order chi connectivity index (χ1) is 16.2. The highest BCUT2D eigenvalue weighted by Crippen LogP contribution is 2.40. The summed E-state index contributed by atoms with van der Waals surface area (Å²) in [6.07, 6.45) is 6.12. The SMILES string of the molecule is Cc1cc(-c2cnc(C3CC3)nc2C2CCCN(C(=O)c3cccc4ccccc34)C2)on1. The molecular weight excluding hydrogens is 412 g/mol. The van der Waals surface area contributed by atoms with Crippen molar-refractivity contribution in [3.05, 3.63) is 77.5 Å². The molecule has 33 heavy (non-hydrogen) atoms. The summed E-state index contributed by atoms with van der Waals surface area (Å²) >= 11 is 0. The molecule has 2 fully saturated rings. The minimum atomic E-state index is 0.0880. The Morgan fingerprint density at radius 1 is 1.06 bits per heavy atom. The van der Waals surface area contributed by atoms with Crippen LogP contribution in [0.25, 0.3) is 22.1 Å². The van der Waals surface area contributed by atoms with Crippen molar-refractivity contribution in [2.45, 2.75) is 44.4 Å². The highest BCUT2D eigenvalue weighted by Gasteiger charge is 2.32. The van der Waals surface area contributed by atoms with Crippen LogP contribution in [0.1, 0.15) is 65.1 Å². The predicted octanol–water partition coefficient (Wildman–Crippen LogP) is 5.49. The van der Waals surface area contributed by atoms with Crippen molar-refractivity contribution in [1.82, 2.24) is 20.0 Å². The highest BCUT2D eigenvalue weighted by molar-refractivity contribution is 6.07. The first kappa shape index (κ1) is 20.1. The average Bonchev–Trinajstić information content (AvgIpc) is 3.63. The van der Waals surface area contributed by atoms with Crippen molar-refractivity contribution in [2.75, 3.05) is 13.1 Å². The molecule has 1 unspecified atom stereocenters. The zero-order chi connectivity index (χ0) is 22.4. The van der Waals surface area contributed by atoms with Crippen molar-refractivity contribution in [1.29, 1.82) is 0 Å². The second-order valence-electron chi connectivity index (χ2n) is 9.25. The van der Waals surface area contributed by atoms with Crippen LogP contribution < -0.4 is 0 Å². The first-order valence-electron chi connectivity index (χ1n) is 11.7. The summed E-state index contributed by atoms with van der Waals surface area (Å²) in [4.78, 5) is 25.3. The second-order valence-corrected chi connectivity index (χ2v) is 9.25. The van der Waals surface area contributed by atoms with Crippen LogP contribution in [0.5, 0.6) is 0 Å². The molecule has 166 valence electrons. The molecule has 1 amide bonds. The van der Waals surface area contributed by atoms with Gasteiger partial charge in [-0.25, -0.2) is 9.97 Å². The van der Waals surface area contributed by atoms with Crippen LogP contribution in [0.4, 0.5) is 0 Å². The topological polar surface area (TPSA) is 72.1 Å². The van der Waals surface area contributed by atoms with Crippen molar-refractivity contribution >= 4 is 16.7 Å². The fourth-order valence-electron chi connectivity index (χ4n) is 4.91. The van der Waals surface area contributed by atoms with E-state index in [2.05, 4.69) is 22.3 Å². The van der Waals surface area contributed by atoms with Crippen LogP contribution in [0.3, 0.4) is 0 Å². The van der Waals surface area contributed by atoms with Gasteiger partial charge >= 0.3 is 0 Å².